The zero-order chi connectivity index (χ0) is 14.1. The van der Waals surface area contributed by atoms with Crippen molar-refractivity contribution in [1.82, 2.24) is 14.7 Å². The highest BCUT2D eigenvalue weighted by molar-refractivity contribution is 7.99. The second-order valence-electron chi connectivity index (χ2n) is 5.68. The van der Waals surface area contributed by atoms with Crippen molar-refractivity contribution in [2.24, 2.45) is 0 Å². The topological polar surface area (TPSA) is 29.3 Å². The van der Waals surface area contributed by atoms with E-state index >= 15 is 0 Å². The van der Waals surface area contributed by atoms with Crippen LogP contribution in [-0.2, 0) is 6.54 Å². The number of fused-ring (bicyclic) bond motifs is 1. The minimum atomic E-state index is 0.656. The van der Waals surface area contributed by atoms with Gasteiger partial charge in [0, 0.05) is 28.9 Å². The van der Waals surface area contributed by atoms with E-state index in [9.17, 15) is 0 Å². The van der Waals surface area contributed by atoms with Crippen LogP contribution in [0.5, 0.6) is 0 Å². The average Bonchev–Trinajstić information content (AvgIpc) is 2.92. The second-order valence-corrected chi connectivity index (χ2v) is 7.97. The Kier molecular flexibility index (Phi) is 4.38. The molecule has 2 aromatic heterocycles. The number of nitrogens with one attached hydrogen (secondary N) is 1. The quantitative estimate of drug-likeness (QED) is 0.932. The van der Waals surface area contributed by atoms with Crippen molar-refractivity contribution in [1.29, 1.82) is 0 Å². The van der Waals surface area contributed by atoms with E-state index in [0.29, 0.717) is 6.04 Å². The molecule has 3 rings (SSSR count). The minimum absolute atomic E-state index is 0.656. The molecule has 2 atom stereocenters. The molecule has 2 heterocycles. The predicted octanol–water partition coefficient (Wildman–Crippen LogP) is 3.78. The van der Waals surface area contributed by atoms with Gasteiger partial charge in [0.05, 0.1) is 11.4 Å². The van der Waals surface area contributed by atoms with Gasteiger partial charge in [0.2, 0.25) is 0 Å². The number of nitrogens with zero attached hydrogens (tertiary/aromatic N) is 2. The fourth-order valence-electron chi connectivity index (χ4n) is 3.16. The summed E-state index contributed by atoms with van der Waals surface area (Å²) in [5, 5.41) is 4.56. The summed E-state index contributed by atoms with van der Waals surface area (Å²) < 4.78 is 2.26. The lowest BCUT2D eigenvalue weighted by molar-refractivity contribution is 0.381. The number of aryl methyl sites for hydroxylation is 2. The fourth-order valence-corrected chi connectivity index (χ4v) is 5.02. The molecule has 1 fully saturated rings. The highest BCUT2D eigenvalue weighted by Crippen LogP contribution is 2.28. The van der Waals surface area contributed by atoms with Gasteiger partial charge in [0.1, 0.15) is 0 Å². The largest absolute Gasteiger partial charge is 0.307 e. The zero-order valence-electron chi connectivity index (χ0n) is 12.5. The third kappa shape index (κ3) is 2.76. The first kappa shape index (κ1) is 14.4. The minimum Gasteiger partial charge on any atom is -0.307 e. The van der Waals surface area contributed by atoms with E-state index in [0.717, 1.165) is 16.8 Å². The molecule has 1 aliphatic carbocycles. The number of imidazole rings is 1. The van der Waals surface area contributed by atoms with Gasteiger partial charge >= 0.3 is 0 Å². The van der Waals surface area contributed by atoms with Crippen molar-refractivity contribution >= 4 is 28.1 Å². The highest BCUT2D eigenvalue weighted by Gasteiger charge is 2.24. The second kappa shape index (κ2) is 6.08. The maximum Gasteiger partial charge on any atom is 0.194 e. The molecule has 0 aromatic carbocycles. The smallest absolute Gasteiger partial charge is 0.194 e. The normalized spacial score (nSPS) is 23.6. The van der Waals surface area contributed by atoms with Gasteiger partial charge in [-0.3, -0.25) is 4.40 Å². The molecule has 1 aliphatic rings. The Bertz CT molecular complexity index is 587. The van der Waals surface area contributed by atoms with E-state index < -0.39 is 0 Å². The Morgan fingerprint density at radius 3 is 3.00 bits per heavy atom. The number of hydrogen-bond acceptors (Lipinski definition) is 4. The zero-order valence-corrected chi connectivity index (χ0v) is 14.1. The van der Waals surface area contributed by atoms with Gasteiger partial charge in [-0.2, -0.15) is 11.8 Å². The van der Waals surface area contributed by atoms with Gasteiger partial charge in [0.15, 0.2) is 4.96 Å². The first-order chi connectivity index (χ1) is 9.69. The molecule has 0 bridgehead atoms. The summed E-state index contributed by atoms with van der Waals surface area (Å²) in [4.78, 5) is 7.13. The first-order valence-corrected chi connectivity index (χ1v) is 9.49. The van der Waals surface area contributed by atoms with Crippen molar-refractivity contribution in [2.75, 3.05) is 6.26 Å². The average molecular weight is 310 g/mol. The standard InChI is InChI=1S/C15H23N3S2/c1-10-9-18-13(11(2)17-15(18)20-10)8-16-12-6-4-5-7-14(12)19-3/h9,12,14,16H,4-8H2,1-3H3. The third-order valence-corrected chi connectivity index (χ3v) is 6.35. The molecule has 0 spiro atoms. The maximum atomic E-state index is 4.67. The van der Waals surface area contributed by atoms with Crippen molar-refractivity contribution in [2.45, 2.75) is 57.4 Å². The van der Waals surface area contributed by atoms with Crippen molar-refractivity contribution in [3.8, 4) is 0 Å². The van der Waals surface area contributed by atoms with Crippen LogP contribution in [0.25, 0.3) is 4.96 Å². The maximum absolute atomic E-state index is 4.67. The van der Waals surface area contributed by atoms with E-state index in [4.69, 9.17) is 0 Å². The summed E-state index contributed by atoms with van der Waals surface area (Å²) >= 11 is 3.79. The van der Waals surface area contributed by atoms with Crippen LogP contribution in [0.1, 0.15) is 41.9 Å². The fraction of sp³-hybridized carbons (Fsp3) is 0.667. The van der Waals surface area contributed by atoms with Gasteiger partial charge in [-0.15, -0.1) is 11.3 Å². The summed E-state index contributed by atoms with van der Waals surface area (Å²) in [6, 6.07) is 0.656. The molecule has 3 nitrogen and oxygen atoms in total. The summed E-state index contributed by atoms with van der Waals surface area (Å²) in [7, 11) is 0. The molecular formula is C15H23N3S2. The van der Waals surface area contributed by atoms with Crippen LogP contribution >= 0.6 is 23.1 Å². The molecule has 110 valence electrons. The van der Waals surface area contributed by atoms with Crippen molar-refractivity contribution in [3.63, 3.8) is 0 Å². The SMILES string of the molecule is CSC1CCCCC1NCc1c(C)nc2sc(C)cn12. The van der Waals surface area contributed by atoms with Crippen molar-refractivity contribution in [3.05, 3.63) is 22.5 Å². The highest BCUT2D eigenvalue weighted by atomic mass is 32.2. The molecule has 1 saturated carbocycles. The molecule has 1 N–H and O–H groups in total. The van der Waals surface area contributed by atoms with Gasteiger partial charge < -0.3 is 5.32 Å². The first-order valence-electron chi connectivity index (χ1n) is 7.39. The predicted molar refractivity (Wildman–Crippen MR) is 88.9 cm³/mol. The molecule has 20 heavy (non-hydrogen) atoms. The van der Waals surface area contributed by atoms with Crippen molar-refractivity contribution < 1.29 is 0 Å². The van der Waals surface area contributed by atoms with Crippen LogP contribution in [0.2, 0.25) is 0 Å². The Morgan fingerprint density at radius 1 is 1.40 bits per heavy atom. The Labute approximate surface area is 129 Å². The summed E-state index contributed by atoms with van der Waals surface area (Å²) in [5.74, 6) is 0. The van der Waals surface area contributed by atoms with Crippen LogP contribution in [0, 0.1) is 13.8 Å². The van der Waals surface area contributed by atoms with Gasteiger partial charge in [0.25, 0.3) is 0 Å². The molecule has 2 aromatic rings. The Morgan fingerprint density at radius 2 is 2.20 bits per heavy atom. The molecular weight excluding hydrogens is 286 g/mol. The molecule has 0 saturated heterocycles. The van der Waals surface area contributed by atoms with Crippen LogP contribution in [0.3, 0.4) is 0 Å². The van der Waals surface area contributed by atoms with Crippen LogP contribution in [-0.4, -0.2) is 26.9 Å². The number of rotatable bonds is 4. The van der Waals surface area contributed by atoms with Gasteiger partial charge in [-0.1, -0.05) is 12.8 Å². The monoisotopic (exact) mass is 309 g/mol. The number of thioether (sulfide) groups is 1. The molecule has 0 radical (unpaired) electrons. The summed E-state index contributed by atoms with van der Waals surface area (Å²) in [6.45, 7) is 5.21. The summed E-state index contributed by atoms with van der Waals surface area (Å²) in [5.41, 5.74) is 2.50. The van der Waals surface area contributed by atoms with E-state index in [1.54, 1.807) is 11.3 Å². The third-order valence-electron chi connectivity index (χ3n) is 4.28. The van der Waals surface area contributed by atoms with Crippen LogP contribution < -0.4 is 5.32 Å². The van der Waals surface area contributed by atoms with E-state index in [-0.39, 0.29) is 0 Å². The Balaban J connectivity index is 1.74. The molecule has 2 unspecified atom stereocenters. The lowest BCUT2D eigenvalue weighted by Crippen LogP contribution is -2.40. The number of hydrogen-bond donors (Lipinski definition) is 1. The molecule has 0 aliphatic heterocycles. The van der Waals surface area contributed by atoms with Crippen LogP contribution in [0.15, 0.2) is 6.20 Å². The number of aromatic nitrogens is 2. The van der Waals surface area contributed by atoms with Gasteiger partial charge in [-0.25, -0.2) is 4.98 Å². The summed E-state index contributed by atoms with van der Waals surface area (Å²) in [6.07, 6.45) is 9.89. The molecule has 0 amide bonds. The van der Waals surface area contributed by atoms with E-state index in [2.05, 4.69) is 41.0 Å². The van der Waals surface area contributed by atoms with Gasteiger partial charge in [-0.05, 0) is 32.9 Å². The van der Waals surface area contributed by atoms with E-state index in [1.165, 1.54) is 41.9 Å². The molecule has 5 heteroatoms. The Hall–Kier alpha value is -0.520. The number of thiazole rings is 1. The van der Waals surface area contributed by atoms with E-state index in [1.807, 2.05) is 11.8 Å². The lowest BCUT2D eigenvalue weighted by atomic mass is 9.95. The lowest BCUT2D eigenvalue weighted by Gasteiger charge is -2.31. The van der Waals surface area contributed by atoms with Crippen LogP contribution in [0.4, 0.5) is 0 Å².